The zero-order valence-corrected chi connectivity index (χ0v) is 11.9. The average molecular weight is 286 g/mol. The molecule has 7 nitrogen and oxygen atoms in total. The van der Waals surface area contributed by atoms with Crippen molar-refractivity contribution >= 4 is 17.7 Å². The van der Waals surface area contributed by atoms with Gasteiger partial charge in [-0.2, -0.15) is 0 Å². The molecule has 0 bridgehead atoms. The molecule has 2 heterocycles. The number of hydrogen-bond donors (Lipinski definition) is 1. The van der Waals surface area contributed by atoms with E-state index in [9.17, 15) is 4.79 Å². The number of thioether (sulfide) groups is 1. The molecule has 0 saturated carbocycles. The first-order valence-electron chi connectivity index (χ1n) is 6.17. The Morgan fingerprint density at radius 2 is 2.11 bits per heavy atom. The normalized spacial score (nSPS) is 23.6. The maximum Gasteiger partial charge on any atom is 0.277 e. The summed E-state index contributed by atoms with van der Waals surface area (Å²) < 4.78 is 10.8. The Labute approximate surface area is 115 Å². The molecular formula is C11H18N4O3S. The molecule has 8 heteroatoms. The Balaban J connectivity index is 1.83. The van der Waals surface area contributed by atoms with E-state index in [-0.39, 0.29) is 30.4 Å². The monoisotopic (exact) mass is 286 g/mol. The molecule has 0 spiro atoms. The van der Waals surface area contributed by atoms with Gasteiger partial charge in [-0.15, -0.1) is 10.2 Å². The SMILES string of the molecule is CC1CN(C(=O)CSc2nnc(CN)o2)CC(C)O1. The summed E-state index contributed by atoms with van der Waals surface area (Å²) in [4.78, 5) is 13.9. The van der Waals surface area contributed by atoms with Crippen LogP contribution in [0.4, 0.5) is 0 Å². The van der Waals surface area contributed by atoms with Crippen LogP contribution in [0.1, 0.15) is 19.7 Å². The quantitative estimate of drug-likeness (QED) is 0.793. The van der Waals surface area contributed by atoms with Crippen LogP contribution in [0, 0.1) is 0 Å². The third-order valence-electron chi connectivity index (χ3n) is 2.71. The number of morpholine rings is 1. The summed E-state index contributed by atoms with van der Waals surface area (Å²) in [5.41, 5.74) is 5.37. The van der Waals surface area contributed by atoms with Crippen molar-refractivity contribution in [1.29, 1.82) is 0 Å². The van der Waals surface area contributed by atoms with Gasteiger partial charge in [0.05, 0.1) is 24.5 Å². The molecule has 19 heavy (non-hydrogen) atoms. The van der Waals surface area contributed by atoms with Crippen molar-refractivity contribution in [1.82, 2.24) is 15.1 Å². The van der Waals surface area contributed by atoms with Gasteiger partial charge in [0.15, 0.2) is 0 Å². The van der Waals surface area contributed by atoms with Gasteiger partial charge in [0.2, 0.25) is 11.8 Å². The number of carbonyl (C=O) groups is 1. The van der Waals surface area contributed by atoms with Crippen molar-refractivity contribution in [2.45, 2.75) is 37.8 Å². The highest BCUT2D eigenvalue weighted by Gasteiger charge is 2.26. The predicted molar refractivity (Wildman–Crippen MR) is 69.5 cm³/mol. The van der Waals surface area contributed by atoms with E-state index in [1.165, 1.54) is 11.8 Å². The van der Waals surface area contributed by atoms with Crippen LogP contribution in [0.5, 0.6) is 0 Å². The van der Waals surface area contributed by atoms with E-state index in [1.54, 1.807) is 0 Å². The number of aromatic nitrogens is 2. The molecule has 2 rings (SSSR count). The molecule has 106 valence electrons. The summed E-state index contributed by atoms with van der Waals surface area (Å²) in [5, 5.41) is 7.92. The largest absolute Gasteiger partial charge is 0.415 e. The fourth-order valence-corrected chi connectivity index (χ4v) is 2.66. The predicted octanol–water partition coefficient (Wildman–Crippen LogP) is 0.256. The molecule has 1 saturated heterocycles. The van der Waals surface area contributed by atoms with Crippen LogP contribution in [-0.4, -0.2) is 52.1 Å². The molecule has 2 atom stereocenters. The van der Waals surface area contributed by atoms with E-state index < -0.39 is 0 Å². The standard InChI is InChI=1S/C11H18N4O3S/c1-7-4-15(5-8(2)17-7)10(16)6-19-11-14-13-9(3-12)18-11/h7-8H,3-6,12H2,1-2H3. The summed E-state index contributed by atoms with van der Waals surface area (Å²) in [7, 11) is 0. The Morgan fingerprint density at radius 1 is 1.42 bits per heavy atom. The first-order chi connectivity index (χ1) is 9.08. The lowest BCUT2D eigenvalue weighted by atomic mass is 10.2. The molecule has 2 unspecified atom stereocenters. The van der Waals surface area contributed by atoms with Gasteiger partial charge in [0, 0.05) is 13.1 Å². The van der Waals surface area contributed by atoms with Gasteiger partial charge in [0.1, 0.15) is 0 Å². The Bertz CT molecular complexity index is 429. The highest BCUT2D eigenvalue weighted by Crippen LogP contribution is 2.18. The minimum atomic E-state index is 0.0551. The second-order valence-corrected chi connectivity index (χ2v) is 5.44. The fraction of sp³-hybridized carbons (Fsp3) is 0.727. The van der Waals surface area contributed by atoms with E-state index in [0.717, 1.165) is 0 Å². The van der Waals surface area contributed by atoms with Crippen LogP contribution in [0.2, 0.25) is 0 Å². The molecular weight excluding hydrogens is 268 g/mol. The van der Waals surface area contributed by atoms with Gasteiger partial charge in [-0.3, -0.25) is 4.79 Å². The number of rotatable bonds is 4. The summed E-state index contributed by atoms with van der Waals surface area (Å²) in [6, 6.07) is 0. The summed E-state index contributed by atoms with van der Waals surface area (Å²) in [6.07, 6.45) is 0.148. The van der Waals surface area contributed by atoms with Crippen molar-refractivity contribution in [2.75, 3.05) is 18.8 Å². The molecule has 1 aliphatic heterocycles. The number of amides is 1. The Morgan fingerprint density at radius 3 is 2.68 bits per heavy atom. The van der Waals surface area contributed by atoms with E-state index >= 15 is 0 Å². The highest BCUT2D eigenvalue weighted by molar-refractivity contribution is 7.99. The second-order valence-electron chi connectivity index (χ2n) is 4.51. The van der Waals surface area contributed by atoms with Crippen molar-refractivity contribution in [3.8, 4) is 0 Å². The molecule has 0 aromatic carbocycles. The lowest BCUT2D eigenvalue weighted by Crippen LogP contribution is -2.48. The minimum absolute atomic E-state index is 0.0551. The minimum Gasteiger partial charge on any atom is -0.415 e. The molecule has 1 aromatic rings. The molecule has 0 radical (unpaired) electrons. The van der Waals surface area contributed by atoms with Crippen LogP contribution >= 0.6 is 11.8 Å². The number of nitrogens with two attached hydrogens (primary N) is 1. The zero-order chi connectivity index (χ0) is 13.8. The number of nitrogens with zero attached hydrogens (tertiary/aromatic N) is 3. The van der Waals surface area contributed by atoms with Crippen LogP contribution in [0.3, 0.4) is 0 Å². The van der Waals surface area contributed by atoms with Gasteiger partial charge in [-0.1, -0.05) is 11.8 Å². The van der Waals surface area contributed by atoms with Crippen LogP contribution in [-0.2, 0) is 16.1 Å². The maximum absolute atomic E-state index is 12.1. The van der Waals surface area contributed by atoms with Crippen LogP contribution < -0.4 is 5.73 Å². The number of ether oxygens (including phenoxy) is 1. The summed E-state index contributed by atoms with van der Waals surface area (Å²) in [6.45, 7) is 5.40. The van der Waals surface area contributed by atoms with E-state index in [1.807, 2.05) is 18.7 Å². The smallest absolute Gasteiger partial charge is 0.277 e. The third-order valence-corrected chi connectivity index (χ3v) is 3.52. The van der Waals surface area contributed by atoms with Gasteiger partial charge in [-0.25, -0.2) is 0 Å². The van der Waals surface area contributed by atoms with Gasteiger partial charge in [0.25, 0.3) is 5.22 Å². The van der Waals surface area contributed by atoms with Crippen LogP contribution in [0.15, 0.2) is 9.64 Å². The lowest BCUT2D eigenvalue weighted by molar-refractivity contribution is -0.140. The molecule has 0 aliphatic carbocycles. The van der Waals surface area contributed by atoms with Crippen molar-refractivity contribution in [3.05, 3.63) is 5.89 Å². The van der Waals surface area contributed by atoms with E-state index in [2.05, 4.69) is 10.2 Å². The topological polar surface area (TPSA) is 94.5 Å². The molecule has 1 aromatic heterocycles. The maximum atomic E-state index is 12.1. The molecule has 1 amide bonds. The van der Waals surface area contributed by atoms with Crippen LogP contribution in [0.25, 0.3) is 0 Å². The zero-order valence-electron chi connectivity index (χ0n) is 11.0. The average Bonchev–Trinajstić information content (AvgIpc) is 2.82. The van der Waals surface area contributed by atoms with Gasteiger partial charge in [-0.05, 0) is 13.8 Å². The number of hydrogen-bond acceptors (Lipinski definition) is 7. The Hall–Kier alpha value is -1.12. The third kappa shape index (κ3) is 3.92. The molecule has 1 fully saturated rings. The first-order valence-corrected chi connectivity index (χ1v) is 7.15. The second kappa shape index (κ2) is 6.36. The molecule has 2 N–H and O–H groups in total. The fourth-order valence-electron chi connectivity index (χ4n) is 1.98. The van der Waals surface area contributed by atoms with Gasteiger partial charge >= 0.3 is 0 Å². The summed E-state index contributed by atoms with van der Waals surface area (Å²) >= 11 is 1.23. The van der Waals surface area contributed by atoms with Crippen molar-refractivity contribution < 1.29 is 13.9 Å². The highest BCUT2D eigenvalue weighted by atomic mass is 32.2. The van der Waals surface area contributed by atoms with E-state index in [0.29, 0.717) is 24.2 Å². The van der Waals surface area contributed by atoms with E-state index in [4.69, 9.17) is 14.9 Å². The lowest BCUT2D eigenvalue weighted by Gasteiger charge is -2.35. The summed E-state index contributed by atoms with van der Waals surface area (Å²) in [5.74, 6) is 0.717. The first kappa shape index (κ1) is 14.3. The van der Waals surface area contributed by atoms with Crippen molar-refractivity contribution in [2.24, 2.45) is 5.73 Å². The Kier molecular flexibility index (Phi) is 4.78. The van der Waals surface area contributed by atoms with Crippen molar-refractivity contribution in [3.63, 3.8) is 0 Å². The molecule has 1 aliphatic rings. The number of carbonyl (C=O) groups excluding carboxylic acids is 1. The van der Waals surface area contributed by atoms with Gasteiger partial charge < -0.3 is 19.8 Å².